The first-order valence-electron chi connectivity index (χ1n) is 3.67. The van der Waals surface area contributed by atoms with Crippen molar-refractivity contribution in [3.05, 3.63) is 28.5 Å². The summed E-state index contributed by atoms with van der Waals surface area (Å²) in [5.41, 5.74) is 0.905. The lowest BCUT2D eigenvalue weighted by Gasteiger charge is -1.99. The maximum Gasteiger partial charge on any atom is 0.143 e. The molecule has 0 unspecified atom stereocenters. The van der Waals surface area contributed by atoms with Gasteiger partial charge in [-0.1, -0.05) is 6.07 Å². The van der Waals surface area contributed by atoms with Gasteiger partial charge >= 0.3 is 0 Å². The minimum absolute atomic E-state index is 0.0809. The number of hydrogen-bond donors (Lipinski definition) is 1. The smallest absolute Gasteiger partial charge is 0.143 e. The molecule has 12 heavy (non-hydrogen) atoms. The van der Waals surface area contributed by atoms with Crippen molar-refractivity contribution in [3.63, 3.8) is 0 Å². The zero-order chi connectivity index (χ0) is 8.81. The molecule has 0 spiro atoms. The summed E-state index contributed by atoms with van der Waals surface area (Å²) in [7, 11) is 0. The van der Waals surface area contributed by atoms with Crippen LogP contribution in [0.1, 0.15) is 11.3 Å². The molecule has 64 valence electrons. The van der Waals surface area contributed by atoms with E-state index in [0.717, 1.165) is 16.7 Å². The minimum Gasteiger partial charge on any atom is -0.396 e. The van der Waals surface area contributed by atoms with E-state index >= 15 is 0 Å². The Bertz CT molecular complexity index is 262. The van der Waals surface area contributed by atoms with Crippen molar-refractivity contribution in [2.24, 2.45) is 0 Å². The largest absolute Gasteiger partial charge is 0.396 e. The topological polar surface area (TPSA) is 37.3 Å². The van der Waals surface area contributed by atoms with Gasteiger partial charge in [-0.3, -0.25) is 4.79 Å². The molecule has 0 saturated carbocycles. The Morgan fingerprint density at radius 3 is 3.00 bits per heavy atom. The van der Waals surface area contributed by atoms with Crippen LogP contribution in [0.3, 0.4) is 0 Å². The van der Waals surface area contributed by atoms with Crippen LogP contribution in [0.5, 0.6) is 0 Å². The van der Waals surface area contributed by atoms with Crippen molar-refractivity contribution >= 4 is 23.2 Å². The summed E-state index contributed by atoms with van der Waals surface area (Å²) in [5.74, 6) is 0. The van der Waals surface area contributed by atoms with Crippen molar-refractivity contribution in [1.82, 2.24) is 0 Å². The zero-order valence-electron chi connectivity index (χ0n) is 6.56. The Morgan fingerprint density at radius 2 is 2.50 bits per heavy atom. The third-order valence-corrected chi connectivity index (χ3v) is 2.43. The summed E-state index contributed by atoms with van der Waals surface area (Å²) in [6.45, 7) is 0.0809. The molecule has 0 aliphatic rings. The molecular weight excluding hydrogens is 172 g/mol. The number of aldehydes is 1. The van der Waals surface area contributed by atoms with Crippen LogP contribution in [-0.2, 0) is 4.79 Å². The fraction of sp³-hybridized carbons (Fsp3) is 0.222. The van der Waals surface area contributed by atoms with Gasteiger partial charge in [0.1, 0.15) is 6.29 Å². The maximum atomic E-state index is 10.2. The normalized spacial score (nSPS) is 11.6. The summed E-state index contributed by atoms with van der Waals surface area (Å²) in [4.78, 5) is 11.3. The van der Waals surface area contributed by atoms with E-state index in [1.165, 1.54) is 6.08 Å². The van der Waals surface area contributed by atoms with Crippen LogP contribution in [0.2, 0.25) is 0 Å². The van der Waals surface area contributed by atoms with Gasteiger partial charge in [0.2, 0.25) is 0 Å². The lowest BCUT2D eigenvalue weighted by atomic mass is 10.1. The molecule has 1 aromatic heterocycles. The van der Waals surface area contributed by atoms with Crippen molar-refractivity contribution in [1.29, 1.82) is 0 Å². The molecule has 1 N–H and O–H groups in total. The van der Waals surface area contributed by atoms with E-state index in [9.17, 15) is 4.79 Å². The molecule has 1 aromatic rings. The predicted molar refractivity (Wildman–Crippen MR) is 50.1 cm³/mol. The van der Waals surface area contributed by atoms with Crippen molar-refractivity contribution < 1.29 is 9.90 Å². The molecule has 2 nitrogen and oxygen atoms in total. The Morgan fingerprint density at radius 1 is 1.67 bits per heavy atom. The van der Waals surface area contributed by atoms with Crippen molar-refractivity contribution in [2.75, 3.05) is 6.61 Å². The highest BCUT2D eigenvalue weighted by Gasteiger charge is 2.00. The fourth-order valence-corrected chi connectivity index (χ4v) is 1.73. The molecule has 1 heterocycles. The molecule has 0 atom stereocenters. The highest BCUT2D eigenvalue weighted by molar-refractivity contribution is 7.11. The molecule has 0 bridgehead atoms. The van der Waals surface area contributed by atoms with E-state index in [-0.39, 0.29) is 6.61 Å². The van der Waals surface area contributed by atoms with Gasteiger partial charge in [-0.05, 0) is 29.5 Å². The van der Waals surface area contributed by atoms with Gasteiger partial charge in [0.15, 0.2) is 0 Å². The number of carbonyl (C=O) groups excluding carboxylic acids is 1. The molecular formula is C9H10O2S. The predicted octanol–water partition coefficient (Wildman–Crippen LogP) is 1.71. The number of aliphatic hydroxyl groups is 1. The average molecular weight is 182 g/mol. The Hall–Kier alpha value is -0.930. The van der Waals surface area contributed by atoms with E-state index in [0.29, 0.717) is 6.42 Å². The van der Waals surface area contributed by atoms with Crippen molar-refractivity contribution in [3.8, 4) is 0 Å². The molecule has 0 amide bonds. The van der Waals surface area contributed by atoms with E-state index in [1.807, 2.05) is 17.5 Å². The second kappa shape index (κ2) is 4.85. The molecule has 0 saturated heterocycles. The number of thiophene rings is 1. The first-order valence-corrected chi connectivity index (χ1v) is 4.55. The molecule has 0 aliphatic carbocycles. The third-order valence-electron chi connectivity index (χ3n) is 1.49. The van der Waals surface area contributed by atoms with Crippen LogP contribution in [-0.4, -0.2) is 18.0 Å². The van der Waals surface area contributed by atoms with Gasteiger partial charge in [0.25, 0.3) is 0 Å². The number of carbonyl (C=O) groups is 1. The second-order valence-electron chi connectivity index (χ2n) is 2.28. The Balaban J connectivity index is 2.80. The average Bonchev–Trinajstić information content (AvgIpc) is 2.56. The molecule has 0 fully saturated rings. The van der Waals surface area contributed by atoms with Crippen LogP contribution in [0.25, 0.3) is 5.57 Å². The molecule has 0 radical (unpaired) electrons. The van der Waals surface area contributed by atoms with E-state index < -0.39 is 0 Å². The van der Waals surface area contributed by atoms with Gasteiger partial charge in [-0.2, -0.15) is 0 Å². The van der Waals surface area contributed by atoms with Crippen LogP contribution >= 0.6 is 11.3 Å². The summed E-state index contributed by atoms with van der Waals surface area (Å²) in [6.07, 6.45) is 2.80. The highest BCUT2D eigenvalue weighted by Crippen LogP contribution is 2.21. The summed E-state index contributed by atoms with van der Waals surface area (Å²) in [5, 5.41) is 10.7. The minimum atomic E-state index is 0.0809. The zero-order valence-corrected chi connectivity index (χ0v) is 7.38. The standard InChI is InChI=1S/C9H10O2S/c10-5-3-8(4-6-11)9-2-1-7-12-9/h1-3,5,7,11H,4,6H2/b8-3+. The van der Waals surface area contributed by atoms with E-state index in [1.54, 1.807) is 11.3 Å². The van der Waals surface area contributed by atoms with Gasteiger partial charge in [0.05, 0.1) is 0 Å². The van der Waals surface area contributed by atoms with Crippen LogP contribution < -0.4 is 0 Å². The van der Waals surface area contributed by atoms with E-state index in [2.05, 4.69) is 0 Å². The lowest BCUT2D eigenvalue weighted by Crippen LogP contribution is -1.86. The van der Waals surface area contributed by atoms with Gasteiger partial charge in [-0.25, -0.2) is 0 Å². The number of rotatable bonds is 4. The highest BCUT2D eigenvalue weighted by atomic mass is 32.1. The van der Waals surface area contributed by atoms with Gasteiger partial charge in [0, 0.05) is 11.5 Å². The summed E-state index contributed by atoms with van der Waals surface area (Å²) in [6, 6.07) is 3.87. The SMILES string of the molecule is O=C/C=C(\CCO)c1cccs1. The van der Waals surface area contributed by atoms with Crippen LogP contribution in [0.4, 0.5) is 0 Å². The number of aliphatic hydroxyl groups excluding tert-OH is 1. The number of hydrogen-bond acceptors (Lipinski definition) is 3. The molecule has 0 aliphatic heterocycles. The first-order chi connectivity index (χ1) is 5.88. The summed E-state index contributed by atoms with van der Waals surface area (Å²) >= 11 is 1.57. The first kappa shape index (κ1) is 9.16. The maximum absolute atomic E-state index is 10.2. The Labute approximate surface area is 75.2 Å². The quantitative estimate of drug-likeness (QED) is 0.568. The lowest BCUT2D eigenvalue weighted by molar-refractivity contribution is -0.104. The second-order valence-corrected chi connectivity index (χ2v) is 3.23. The van der Waals surface area contributed by atoms with E-state index in [4.69, 9.17) is 5.11 Å². The Kier molecular flexibility index (Phi) is 3.70. The molecule has 3 heteroatoms. The fourth-order valence-electron chi connectivity index (χ4n) is 0.953. The van der Waals surface area contributed by atoms with Crippen LogP contribution in [0.15, 0.2) is 23.6 Å². The number of allylic oxidation sites excluding steroid dienone is 1. The monoisotopic (exact) mass is 182 g/mol. The molecule has 1 rings (SSSR count). The third kappa shape index (κ3) is 2.29. The van der Waals surface area contributed by atoms with Crippen molar-refractivity contribution in [2.45, 2.75) is 6.42 Å². The van der Waals surface area contributed by atoms with Gasteiger partial charge < -0.3 is 5.11 Å². The van der Waals surface area contributed by atoms with Gasteiger partial charge in [-0.15, -0.1) is 11.3 Å². The van der Waals surface area contributed by atoms with Crippen LogP contribution in [0, 0.1) is 0 Å². The summed E-state index contributed by atoms with van der Waals surface area (Å²) < 4.78 is 0. The molecule has 0 aromatic carbocycles.